The van der Waals surface area contributed by atoms with Gasteiger partial charge in [-0.25, -0.2) is 4.98 Å². The van der Waals surface area contributed by atoms with Crippen LogP contribution in [0.3, 0.4) is 0 Å². The van der Waals surface area contributed by atoms with Gasteiger partial charge in [0.15, 0.2) is 5.78 Å². The summed E-state index contributed by atoms with van der Waals surface area (Å²) in [5, 5.41) is 1.15. The van der Waals surface area contributed by atoms with Gasteiger partial charge in [-0.1, -0.05) is 6.92 Å². The normalized spacial score (nSPS) is 15.1. The van der Waals surface area contributed by atoms with Gasteiger partial charge in [0.05, 0.1) is 5.52 Å². The highest BCUT2D eigenvalue weighted by Gasteiger charge is 2.22. The highest BCUT2D eigenvalue weighted by molar-refractivity contribution is 6.04. The van der Waals surface area contributed by atoms with E-state index in [4.69, 9.17) is 4.98 Å². The smallest absolute Gasteiger partial charge is 0.180 e. The number of carbonyl (C=O) groups is 1. The summed E-state index contributed by atoms with van der Waals surface area (Å²) in [7, 11) is 2.16. The number of carbonyl (C=O) groups excluding carboxylic acids is 1. The molecule has 4 rings (SSSR count). The molecule has 0 bridgehead atoms. The van der Waals surface area contributed by atoms with Gasteiger partial charge >= 0.3 is 0 Å². The first-order valence-corrected chi connectivity index (χ1v) is 10.3. The van der Waals surface area contributed by atoms with Crippen molar-refractivity contribution in [3.63, 3.8) is 0 Å². The standard InChI is InChI=1S/C24H28N4O/c1-5-22(29)19-15-21(28-12-10-27(4)11-13-28)24-17(3)23(16(2)14-20(24)26-19)18-6-8-25-9-7-18/h6-9,14-15H,5,10-13H2,1-4H3. The molecular weight excluding hydrogens is 360 g/mol. The zero-order valence-corrected chi connectivity index (χ0v) is 17.7. The Morgan fingerprint density at radius 1 is 1.07 bits per heavy atom. The maximum Gasteiger partial charge on any atom is 0.180 e. The summed E-state index contributed by atoms with van der Waals surface area (Å²) in [5.41, 5.74) is 7.38. The third-order valence-corrected chi connectivity index (χ3v) is 5.94. The Morgan fingerprint density at radius 3 is 2.41 bits per heavy atom. The minimum Gasteiger partial charge on any atom is -0.368 e. The number of fused-ring (bicyclic) bond motifs is 1. The summed E-state index contributed by atoms with van der Waals surface area (Å²) in [6.45, 7) is 10.1. The highest BCUT2D eigenvalue weighted by Crippen LogP contribution is 2.38. The second-order valence-corrected chi connectivity index (χ2v) is 7.92. The number of aromatic nitrogens is 2. The van der Waals surface area contributed by atoms with E-state index in [0.717, 1.165) is 48.3 Å². The van der Waals surface area contributed by atoms with Gasteiger partial charge in [0, 0.05) is 56.1 Å². The number of hydrogen-bond donors (Lipinski definition) is 0. The summed E-state index contributed by atoms with van der Waals surface area (Å²) in [5.74, 6) is 0.0933. The number of rotatable bonds is 4. The molecule has 3 aromatic rings. The Hall–Kier alpha value is -2.79. The number of nitrogens with zero attached hydrogens (tertiary/aromatic N) is 4. The van der Waals surface area contributed by atoms with Crippen LogP contribution in [0.2, 0.25) is 0 Å². The number of piperazine rings is 1. The van der Waals surface area contributed by atoms with Crippen molar-refractivity contribution in [2.45, 2.75) is 27.2 Å². The van der Waals surface area contributed by atoms with Crippen LogP contribution < -0.4 is 4.90 Å². The van der Waals surface area contributed by atoms with Gasteiger partial charge in [0.2, 0.25) is 0 Å². The molecule has 5 nitrogen and oxygen atoms in total. The van der Waals surface area contributed by atoms with Crippen molar-refractivity contribution < 1.29 is 4.79 Å². The lowest BCUT2D eigenvalue weighted by Gasteiger charge is -2.35. The van der Waals surface area contributed by atoms with Gasteiger partial charge in [-0.2, -0.15) is 0 Å². The second kappa shape index (κ2) is 7.91. The highest BCUT2D eigenvalue weighted by atomic mass is 16.1. The van der Waals surface area contributed by atoms with E-state index in [0.29, 0.717) is 12.1 Å². The summed E-state index contributed by atoms with van der Waals surface area (Å²) in [6, 6.07) is 8.25. The maximum atomic E-state index is 12.5. The van der Waals surface area contributed by atoms with Gasteiger partial charge < -0.3 is 9.80 Å². The lowest BCUT2D eigenvalue weighted by atomic mass is 9.91. The molecule has 0 atom stereocenters. The number of pyridine rings is 2. The lowest BCUT2D eigenvalue weighted by Crippen LogP contribution is -2.44. The topological polar surface area (TPSA) is 49.3 Å². The zero-order valence-electron chi connectivity index (χ0n) is 17.7. The first kappa shape index (κ1) is 19.5. The molecule has 1 aromatic carbocycles. The van der Waals surface area contributed by atoms with Crippen LogP contribution in [-0.4, -0.2) is 53.9 Å². The summed E-state index contributed by atoms with van der Waals surface area (Å²) < 4.78 is 0. The van der Waals surface area contributed by atoms with Crippen molar-refractivity contribution >= 4 is 22.4 Å². The van der Waals surface area contributed by atoms with Crippen molar-refractivity contribution in [3.05, 3.63) is 53.5 Å². The quantitative estimate of drug-likeness (QED) is 0.625. The Kier molecular flexibility index (Phi) is 5.33. The van der Waals surface area contributed by atoms with Crippen LogP contribution in [0.5, 0.6) is 0 Å². The second-order valence-electron chi connectivity index (χ2n) is 7.92. The number of Topliss-reactive ketones (excluding diaryl/α,β-unsaturated/α-hetero) is 1. The Labute approximate surface area is 172 Å². The van der Waals surface area contributed by atoms with E-state index in [-0.39, 0.29) is 5.78 Å². The summed E-state index contributed by atoms with van der Waals surface area (Å²) in [6.07, 6.45) is 4.13. The van der Waals surface area contributed by atoms with E-state index in [1.165, 1.54) is 16.7 Å². The van der Waals surface area contributed by atoms with E-state index in [9.17, 15) is 4.79 Å². The number of hydrogen-bond acceptors (Lipinski definition) is 5. The van der Waals surface area contributed by atoms with Crippen molar-refractivity contribution in [1.82, 2.24) is 14.9 Å². The van der Waals surface area contributed by atoms with E-state index in [1.54, 1.807) is 0 Å². The molecule has 0 spiro atoms. The third-order valence-electron chi connectivity index (χ3n) is 5.94. The summed E-state index contributed by atoms with van der Waals surface area (Å²) in [4.78, 5) is 26.2. The first-order valence-electron chi connectivity index (χ1n) is 10.3. The SMILES string of the molecule is CCC(=O)c1cc(N2CCN(C)CC2)c2c(C)c(-c3ccncc3)c(C)cc2n1. The molecule has 1 aliphatic rings. The van der Waals surface area contributed by atoms with Gasteiger partial charge in [-0.3, -0.25) is 9.78 Å². The molecule has 29 heavy (non-hydrogen) atoms. The predicted octanol–water partition coefficient (Wildman–Crippen LogP) is 4.26. The molecule has 3 heterocycles. The predicted molar refractivity (Wildman–Crippen MR) is 119 cm³/mol. The van der Waals surface area contributed by atoms with Gasteiger partial charge in [-0.15, -0.1) is 0 Å². The molecule has 1 fully saturated rings. The monoisotopic (exact) mass is 388 g/mol. The molecule has 0 saturated carbocycles. The molecule has 0 radical (unpaired) electrons. The van der Waals surface area contributed by atoms with E-state index in [1.807, 2.05) is 25.4 Å². The van der Waals surface area contributed by atoms with Crippen molar-refractivity contribution in [3.8, 4) is 11.1 Å². The van der Waals surface area contributed by atoms with Crippen LogP contribution in [0.15, 0.2) is 36.7 Å². The number of benzene rings is 1. The largest absolute Gasteiger partial charge is 0.368 e. The molecule has 0 aliphatic carbocycles. The molecule has 150 valence electrons. The molecular formula is C24H28N4O. The number of ketones is 1. The molecule has 1 saturated heterocycles. The van der Waals surface area contributed by atoms with Crippen molar-refractivity contribution in [1.29, 1.82) is 0 Å². The third kappa shape index (κ3) is 3.62. The zero-order chi connectivity index (χ0) is 20.5. The lowest BCUT2D eigenvalue weighted by molar-refractivity contribution is 0.0983. The van der Waals surface area contributed by atoms with E-state index < -0.39 is 0 Å². The Bertz CT molecular complexity index is 1050. The number of likely N-dealkylation sites (N-methyl/N-ethyl adjacent to an activating group) is 1. The van der Waals surface area contributed by atoms with Crippen LogP contribution in [0, 0.1) is 13.8 Å². The Morgan fingerprint density at radius 2 is 1.76 bits per heavy atom. The molecule has 2 aromatic heterocycles. The fourth-order valence-electron chi connectivity index (χ4n) is 4.32. The van der Waals surface area contributed by atoms with Crippen molar-refractivity contribution in [2.24, 2.45) is 0 Å². The van der Waals surface area contributed by atoms with Crippen LogP contribution in [0.4, 0.5) is 5.69 Å². The average Bonchev–Trinajstić information content (AvgIpc) is 2.73. The molecule has 0 N–H and O–H groups in total. The van der Waals surface area contributed by atoms with Crippen LogP contribution >= 0.6 is 0 Å². The van der Waals surface area contributed by atoms with Crippen molar-refractivity contribution in [2.75, 3.05) is 38.1 Å². The molecule has 0 unspecified atom stereocenters. The molecule has 5 heteroatoms. The fraction of sp³-hybridized carbons (Fsp3) is 0.375. The average molecular weight is 389 g/mol. The first-order chi connectivity index (χ1) is 14.0. The fourth-order valence-corrected chi connectivity index (χ4v) is 4.32. The molecule has 1 aliphatic heterocycles. The van der Waals surface area contributed by atoms with Gasteiger partial charge in [0.25, 0.3) is 0 Å². The van der Waals surface area contributed by atoms with Crippen LogP contribution in [-0.2, 0) is 0 Å². The van der Waals surface area contributed by atoms with Crippen LogP contribution in [0.25, 0.3) is 22.0 Å². The molecule has 0 amide bonds. The minimum atomic E-state index is 0.0933. The summed E-state index contributed by atoms with van der Waals surface area (Å²) >= 11 is 0. The maximum absolute atomic E-state index is 12.5. The number of aryl methyl sites for hydroxylation is 2. The number of anilines is 1. The minimum absolute atomic E-state index is 0.0933. The van der Waals surface area contributed by atoms with E-state index in [2.05, 4.69) is 53.9 Å². The van der Waals surface area contributed by atoms with E-state index >= 15 is 0 Å². The van der Waals surface area contributed by atoms with Crippen LogP contribution in [0.1, 0.15) is 35.0 Å². The van der Waals surface area contributed by atoms with Gasteiger partial charge in [-0.05, 0) is 67.4 Å². The van der Waals surface area contributed by atoms with Gasteiger partial charge in [0.1, 0.15) is 5.69 Å². The Balaban J connectivity index is 1.98.